The van der Waals surface area contributed by atoms with Crippen LogP contribution in [0.4, 0.5) is 23.3 Å². The second kappa shape index (κ2) is 9.44. The summed E-state index contributed by atoms with van der Waals surface area (Å²) in [6.45, 7) is 2.18. The number of rotatable bonds is 5. The lowest BCUT2D eigenvalue weighted by Gasteiger charge is -2.42. The number of nitrogens with two attached hydrogens (primary N) is 1. The van der Waals surface area contributed by atoms with Gasteiger partial charge in [-0.3, -0.25) is 0 Å². The summed E-state index contributed by atoms with van der Waals surface area (Å²) in [6.07, 6.45) is 6.79. The maximum absolute atomic E-state index is 6.42. The van der Waals surface area contributed by atoms with E-state index >= 15 is 0 Å². The molecule has 8 nitrogen and oxygen atoms in total. The molecule has 4 aliphatic rings. The Bertz CT molecular complexity index is 1470. The van der Waals surface area contributed by atoms with Gasteiger partial charge in [0, 0.05) is 36.3 Å². The largest absolute Gasteiger partial charge is 0.370 e. The lowest BCUT2D eigenvalue weighted by Crippen LogP contribution is -2.40. The van der Waals surface area contributed by atoms with Crippen molar-refractivity contribution in [3.05, 3.63) is 71.4 Å². The van der Waals surface area contributed by atoms with Crippen LogP contribution in [-0.4, -0.2) is 45.9 Å². The van der Waals surface area contributed by atoms with Gasteiger partial charge >= 0.3 is 0 Å². The molecule has 8 heteroatoms. The number of nitrogen functional groups attached to an aromatic ring is 1. The summed E-state index contributed by atoms with van der Waals surface area (Å²) in [5, 5.41) is 11.6. The molecule has 1 unspecified atom stereocenters. The van der Waals surface area contributed by atoms with Crippen LogP contribution in [0.15, 0.2) is 54.6 Å². The van der Waals surface area contributed by atoms with Gasteiger partial charge in [0.05, 0.1) is 11.4 Å². The summed E-state index contributed by atoms with van der Waals surface area (Å²) in [5.74, 6) is 2.00. The first-order chi connectivity index (χ1) is 18.7. The van der Waals surface area contributed by atoms with Crippen molar-refractivity contribution in [2.45, 2.75) is 50.5 Å². The van der Waals surface area contributed by atoms with Crippen molar-refractivity contribution in [2.75, 3.05) is 36.1 Å². The van der Waals surface area contributed by atoms with Gasteiger partial charge in [-0.25, -0.2) is 4.98 Å². The Kier molecular flexibility index (Phi) is 5.77. The van der Waals surface area contributed by atoms with E-state index in [1.807, 2.05) is 0 Å². The number of pyridine rings is 1. The zero-order valence-electron chi connectivity index (χ0n) is 21.8. The van der Waals surface area contributed by atoms with Gasteiger partial charge in [-0.15, -0.1) is 5.10 Å². The summed E-state index contributed by atoms with van der Waals surface area (Å²) >= 11 is 0. The predicted octanol–water partition coefficient (Wildman–Crippen LogP) is 4.82. The molecule has 4 aromatic rings. The Labute approximate surface area is 223 Å². The average Bonchev–Trinajstić information content (AvgIpc) is 3.20. The molecule has 3 aliphatic heterocycles. The number of piperidine rings is 1. The lowest BCUT2D eigenvalue weighted by molar-refractivity contribution is 0.463. The Balaban J connectivity index is 1.23. The first-order valence-electron chi connectivity index (χ1n) is 13.8. The van der Waals surface area contributed by atoms with Crippen LogP contribution in [0.1, 0.15) is 48.4 Å². The third-order valence-electron chi connectivity index (χ3n) is 8.53. The first kappa shape index (κ1) is 23.2. The standard InChI is InChI=1S/C30H34N8/c1-32-23-10-7-19-8-12-24(17-22(19)9-11-23)33-30-35-29(31)38(36-30)26-18-25(20-5-3-2-4-6-20)28-27(34-26)21-13-15-37(28)16-14-21/h2-6,8,12,17-18,21,23,32H,7,9-11,13-16H2,1H3,(H3,31,33,35,36). The molecule has 1 aliphatic carbocycles. The Morgan fingerprint density at radius 3 is 2.47 bits per heavy atom. The second-order valence-corrected chi connectivity index (χ2v) is 10.8. The minimum atomic E-state index is 0.326. The fourth-order valence-corrected chi connectivity index (χ4v) is 6.43. The van der Waals surface area contributed by atoms with Crippen LogP contribution in [0.3, 0.4) is 0 Å². The quantitative estimate of drug-likeness (QED) is 0.334. The maximum atomic E-state index is 6.42. The number of hydrogen-bond acceptors (Lipinski definition) is 7. The molecule has 194 valence electrons. The summed E-state index contributed by atoms with van der Waals surface area (Å²) < 4.78 is 1.67. The highest BCUT2D eigenvalue weighted by Crippen LogP contribution is 2.46. The fourth-order valence-electron chi connectivity index (χ4n) is 6.43. The molecule has 2 aromatic heterocycles. The molecule has 0 saturated carbocycles. The van der Waals surface area contributed by atoms with Crippen molar-refractivity contribution in [2.24, 2.45) is 0 Å². The smallest absolute Gasteiger partial charge is 0.248 e. The molecule has 5 heterocycles. The molecule has 1 fully saturated rings. The average molecular weight is 507 g/mol. The van der Waals surface area contributed by atoms with E-state index in [9.17, 15) is 0 Å². The van der Waals surface area contributed by atoms with Crippen molar-refractivity contribution in [1.29, 1.82) is 0 Å². The number of benzene rings is 2. The first-order valence-corrected chi connectivity index (χ1v) is 13.8. The molecule has 2 bridgehead atoms. The van der Waals surface area contributed by atoms with Gasteiger partial charge in [-0.2, -0.15) is 9.67 Å². The van der Waals surface area contributed by atoms with E-state index in [1.54, 1.807) is 4.68 Å². The van der Waals surface area contributed by atoms with Gasteiger partial charge in [-0.05, 0) is 80.5 Å². The van der Waals surface area contributed by atoms with Crippen LogP contribution in [0.5, 0.6) is 0 Å². The highest BCUT2D eigenvalue weighted by atomic mass is 15.4. The minimum absolute atomic E-state index is 0.326. The van der Waals surface area contributed by atoms with Gasteiger partial charge in [0.1, 0.15) is 0 Å². The van der Waals surface area contributed by atoms with Crippen LogP contribution in [0.25, 0.3) is 16.9 Å². The Morgan fingerprint density at radius 1 is 0.895 bits per heavy atom. The molecule has 0 amide bonds. The van der Waals surface area contributed by atoms with Crippen molar-refractivity contribution in [3.8, 4) is 16.9 Å². The fraction of sp³-hybridized carbons (Fsp3) is 0.367. The van der Waals surface area contributed by atoms with Gasteiger partial charge < -0.3 is 21.3 Å². The molecule has 2 aromatic carbocycles. The monoisotopic (exact) mass is 506 g/mol. The van der Waals surface area contributed by atoms with Crippen molar-refractivity contribution in [3.63, 3.8) is 0 Å². The topological polar surface area (TPSA) is 96.9 Å². The minimum Gasteiger partial charge on any atom is -0.370 e. The van der Waals surface area contributed by atoms with Gasteiger partial charge in [-0.1, -0.05) is 36.4 Å². The van der Waals surface area contributed by atoms with Gasteiger partial charge in [0.2, 0.25) is 11.9 Å². The Morgan fingerprint density at radius 2 is 1.68 bits per heavy atom. The van der Waals surface area contributed by atoms with Crippen molar-refractivity contribution in [1.82, 2.24) is 25.1 Å². The molecule has 4 N–H and O–H groups in total. The number of anilines is 4. The van der Waals surface area contributed by atoms with Crippen LogP contribution < -0.4 is 21.3 Å². The van der Waals surface area contributed by atoms with E-state index in [0.717, 1.165) is 62.4 Å². The van der Waals surface area contributed by atoms with E-state index in [4.69, 9.17) is 15.8 Å². The number of hydrogen-bond donors (Lipinski definition) is 3. The number of nitrogens with zero attached hydrogens (tertiary/aromatic N) is 5. The van der Waals surface area contributed by atoms with Crippen LogP contribution in [0, 0.1) is 0 Å². The molecule has 1 saturated heterocycles. The van der Waals surface area contributed by atoms with Crippen molar-refractivity contribution < 1.29 is 0 Å². The number of aromatic nitrogens is 4. The summed E-state index contributed by atoms with van der Waals surface area (Å²) in [6, 6.07) is 19.8. The number of fused-ring (bicyclic) bond motifs is 3. The molecule has 38 heavy (non-hydrogen) atoms. The predicted molar refractivity (Wildman–Crippen MR) is 152 cm³/mol. The van der Waals surface area contributed by atoms with Crippen LogP contribution in [-0.2, 0) is 12.8 Å². The molecule has 0 spiro atoms. The highest BCUT2D eigenvalue weighted by molar-refractivity contribution is 5.83. The second-order valence-electron chi connectivity index (χ2n) is 10.8. The summed E-state index contributed by atoms with van der Waals surface area (Å²) in [7, 11) is 2.06. The number of nitrogens with one attached hydrogen (secondary N) is 2. The molecular formula is C30H34N8. The van der Waals surface area contributed by atoms with E-state index in [-0.39, 0.29) is 0 Å². The van der Waals surface area contributed by atoms with Crippen LogP contribution in [0.2, 0.25) is 0 Å². The normalized spacial score (nSPS) is 18.7. The molecule has 0 radical (unpaired) electrons. The Hall–Kier alpha value is -3.91. The lowest BCUT2D eigenvalue weighted by atomic mass is 9.84. The van der Waals surface area contributed by atoms with Crippen molar-refractivity contribution >= 4 is 23.3 Å². The van der Waals surface area contributed by atoms with E-state index in [1.165, 1.54) is 34.4 Å². The van der Waals surface area contributed by atoms with E-state index in [0.29, 0.717) is 23.9 Å². The maximum Gasteiger partial charge on any atom is 0.248 e. The molecular weight excluding hydrogens is 472 g/mol. The van der Waals surface area contributed by atoms with Gasteiger partial charge in [0.25, 0.3) is 0 Å². The third kappa shape index (κ3) is 4.09. The van der Waals surface area contributed by atoms with Gasteiger partial charge in [0.15, 0.2) is 5.82 Å². The third-order valence-corrected chi connectivity index (χ3v) is 8.53. The summed E-state index contributed by atoms with van der Waals surface area (Å²) in [4.78, 5) is 12.2. The molecule has 8 rings (SSSR count). The van der Waals surface area contributed by atoms with Crippen LogP contribution >= 0.6 is 0 Å². The molecule has 1 atom stereocenters. The zero-order chi connectivity index (χ0) is 25.6. The van der Waals surface area contributed by atoms with E-state index in [2.05, 4.69) is 82.2 Å². The summed E-state index contributed by atoms with van der Waals surface area (Å²) in [5.41, 5.74) is 15.0. The highest BCUT2D eigenvalue weighted by Gasteiger charge is 2.35. The van der Waals surface area contributed by atoms with E-state index < -0.39 is 0 Å². The SMILES string of the molecule is CNC1CCc2ccc(Nc3nc(N)n(-c4cc(-c5ccccc5)c5c(n4)C4CCN5CC4)n3)cc2CC1. The number of aryl methyl sites for hydroxylation is 2. The zero-order valence-corrected chi connectivity index (χ0v) is 21.8.